The molecule has 0 aliphatic carbocycles. The number of carbonyl (C=O) groups is 1. The zero-order chi connectivity index (χ0) is 13.1. The van der Waals surface area contributed by atoms with Gasteiger partial charge >= 0.3 is 5.97 Å². The molecule has 5 heteroatoms. The Balaban J connectivity index is 2.00. The summed E-state index contributed by atoms with van der Waals surface area (Å²) in [7, 11) is 1.36. The molecule has 0 aromatic heterocycles. The molecule has 98 valence electrons. The third kappa shape index (κ3) is 2.73. The van der Waals surface area contributed by atoms with Gasteiger partial charge < -0.3 is 20.5 Å². The van der Waals surface area contributed by atoms with Gasteiger partial charge in [-0.3, -0.25) is 0 Å². The number of hydrogen-bond donors (Lipinski definition) is 2. The van der Waals surface area contributed by atoms with Crippen LogP contribution in [0.25, 0.3) is 0 Å². The molecule has 1 aromatic carbocycles. The van der Waals surface area contributed by atoms with Crippen molar-refractivity contribution in [3.05, 3.63) is 23.8 Å². The Hall–Kier alpha value is -1.75. The number of methoxy groups -OCH3 is 1. The number of carbonyl (C=O) groups excluding carboxylic acids is 1. The molecule has 18 heavy (non-hydrogen) atoms. The fraction of sp³-hybridized carbons (Fsp3) is 0.462. The average molecular weight is 250 g/mol. The number of ether oxygens (including phenoxy) is 2. The molecule has 1 saturated heterocycles. The number of nitrogen functional groups attached to an aromatic ring is 1. The highest BCUT2D eigenvalue weighted by Crippen LogP contribution is 2.24. The molecular weight excluding hydrogens is 232 g/mol. The first kappa shape index (κ1) is 12.7. The molecular formula is C13H18N2O3. The van der Waals surface area contributed by atoms with Gasteiger partial charge in [0.05, 0.1) is 36.3 Å². The maximum atomic E-state index is 11.4. The second-order valence-corrected chi connectivity index (χ2v) is 4.48. The number of nitrogens with one attached hydrogen (secondary N) is 1. The highest BCUT2D eigenvalue weighted by molar-refractivity contribution is 5.91. The minimum absolute atomic E-state index is 0.223. The number of nitrogens with two attached hydrogens (primary N) is 1. The summed E-state index contributed by atoms with van der Waals surface area (Å²) in [5.74, 6) is -0.369. The molecule has 3 N–H and O–H groups in total. The molecule has 0 bridgehead atoms. The van der Waals surface area contributed by atoms with Crippen molar-refractivity contribution in [3.8, 4) is 0 Å². The standard InChI is InChI=1S/C13H18N2O3/c1-8-5-10(18-8)7-15-12-6-9(13(16)17-2)3-4-11(12)14/h3-4,6,8,10,15H,5,7,14H2,1-2H3/t8?,10-/m0/s1. The van der Waals surface area contributed by atoms with E-state index in [1.54, 1.807) is 18.2 Å². The molecule has 1 fully saturated rings. The van der Waals surface area contributed by atoms with Crippen LogP contribution in [-0.2, 0) is 9.47 Å². The summed E-state index contributed by atoms with van der Waals surface area (Å²) in [6.07, 6.45) is 1.61. The first-order chi connectivity index (χ1) is 8.60. The van der Waals surface area contributed by atoms with Crippen LogP contribution < -0.4 is 11.1 Å². The zero-order valence-corrected chi connectivity index (χ0v) is 10.6. The molecule has 2 rings (SSSR count). The van der Waals surface area contributed by atoms with Gasteiger partial charge in [0.25, 0.3) is 0 Å². The lowest BCUT2D eigenvalue weighted by Crippen LogP contribution is -2.40. The van der Waals surface area contributed by atoms with E-state index in [4.69, 9.17) is 10.5 Å². The minimum Gasteiger partial charge on any atom is -0.465 e. The molecule has 1 heterocycles. The second-order valence-electron chi connectivity index (χ2n) is 4.48. The van der Waals surface area contributed by atoms with Gasteiger partial charge in [0.15, 0.2) is 0 Å². The summed E-state index contributed by atoms with van der Waals surface area (Å²) in [5, 5.41) is 3.20. The van der Waals surface area contributed by atoms with E-state index in [9.17, 15) is 4.79 Å². The summed E-state index contributed by atoms with van der Waals surface area (Å²) in [4.78, 5) is 11.4. The second kappa shape index (κ2) is 5.27. The highest BCUT2D eigenvalue weighted by atomic mass is 16.5. The number of benzene rings is 1. The van der Waals surface area contributed by atoms with E-state index in [-0.39, 0.29) is 12.1 Å². The number of hydrogen-bond acceptors (Lipinski definition) is 5. The Morgan fingerprint density at radius 2 is 2.33 bits per heavy atom. The molecule has 1 unspecified atom stereocenters. The molecule has 1 aromatic rings. The average Bonchev–Trinajstić information content (AvgIpc) is 2.34. The Morgan fingerprint density at radius 3 is 2.94 bits per heavy atom. The molecule has 1 aliphatic heterocycles. The van der Waals surface area contributed by atoms with E-state index in [0.717, 1.165) is 12.1 Å². The molecule has 5 nitrogen and oxygen atoms in total. The van der Waals surface area contributed by atoms with Gasteiger partial charge in [-0.1, -0.05) is 0 Å². The summed E-state index contributed by atoms with van der Waals surface area (Å²) in [5.41, 5.74) is 7.68. The van der Waals surface area contributed by atoms with Crippen LogP contribution in [0.4, 0.5) is 11.4 Å². The molecule has 0 amide bonds. The Labute approximate surface area is 106 Å². The summed E-state index contributed by atoms with van der Waals surface area (Å²) in [6, 6.07) is 5.04. The van der Waals surface area contributed by atoms with Gasteiger partial charge in [-0.2, -0.15) is 0 Å². The number of rotatable bonds is 4. The van der Waals surface area contributed by atoms with Crippen molar-refractivity contribution >= 4 is 17.3 Å². The van der Waals surface area contributed by atoms with Crippen molar-refractivity contribution in [2.75, 3.05) is 24.7 Å². The van der Waals surface area contributed by atoms with E-state index in [1.165, 1.54) is 7.11 Å². The quantitative estimate of drug-likeness (QED) is 0.628. The SMILES string of the molecule is COC(=O)c1ccc(N)c(NC[C@@H]2CC(C)O2)c1. The predicted molar refractivity (Wildman–Crippen MR) is 69.6 cm³/mol. The van der Waals surface area contributed by atoms with E-state index in [0.29, 0.717) is 23.9 Å². The third-order valence-electron chi connectivity index (χ3n) is 3.01. The van der Waals surface area contributed by atoms with E-state index in [1.807, 2.05) is 6.92 Å². The van der Waals surface area contributed by atoms with Crippen molar-refractivity contribution in [2.45, 2.75) is 25.6 Å². The van der Waals surface area contributed by atoms with Crippen molar-refractivity contribution < 1.29 is 14.3 Å². The van der Waals surface area contributed by atoms with Gasteiger partial charge in [0.2, 0.25) is 0 Å². The molecule has 2 atom stereocenters. The van der Waals surface area contributed by atoms with Crippen LogP contribution in [0.15, 0.2) is 18.2 Å². The Kier molecular flexibility index (Phi) is 3.72. The topological polar surface area (TPSA) is 73.6 Å². The van der Waals surface area contributed by atoms with Crippen molar-refractivity contribution in [1.29, 1.82) is 0 Å². The van der Waals surface area contributed by atoms with Crippen LogP contribution in [0.5, 0.6) is 0 Å². The van der Waals surface area contributed by atoms with Gasteiger partial charge in [0.1, 0.15) is 0 Å². The van der Waals surface area contributed by atoms with Gasteiger partial charge in [0, 0.05) is 13.0 Å². The third-order valence-corrected chi connectivity index (χ3v) is 3.01. The smallest absolute Gasteiger partial charge is 0.337 e. The number of anilines is 2. The van der Waals surface area contributed by atoms with Crippen molar-refractivity contribution in [3.63, 3.8) is 0 Å². The van der Waals surface area contributed by atoms with Gasteiger partial charge in [-0.05, 0) is 25.1 Å². The van der Waals surface area contributed by atoms with E-state index in [2.05, 4.69) is 10.1 Å². The van der Waals surface area contributed by atoms with E-state index < -0.39 is 0 Å². The summed E-state index contributed by atoms with van der Waals surface area (Å²) >= 11 is 0. The lowest BCUT2D eigenvalue weighted by atomic mass is 10.1. The van der Waals surface area contributed by atoms with Crippen molar-refractivity contribution in [1.82, 2.24) is 0 Å². The Morgan fingerprint density at radius 1 is 1.61 bits per heavy atom. The highest BCUT2D eigenvalue weighted by Gasteiger charge is 2.25. The van der Waals surface area contributed by atoms with Crippen LogP contribution >= 0.6 is 0 Å². The van der Waals surface area contributed by atoms with Gasteiger partial charge in [-0.25, -0.2) is 4.79 Å². The maximum Gasteiger partial charge on any atom is 0.337 e. The van der Waals surface area contributed by atoms with Crippen LogP contribution in [0.2, 0.25) is 0 Å². The lowest BCUT2D eigenvalue weighted by Gasteiger charge is -2.34. The summed E-state index contributed by atoms with van der Waals surface area (Å²) < 4.78 is 10.2. The summed E-state index contributed by atoms with van der Waals surface area (Å²) in [6.45, 7) is 2.74. The first-order valence-electron chi connectivity index (χ1n) is 5.97. The zero-order valence-electron chi connectivity index (χ0n) is 10.6. The molecule has 0 spiro atoms. The monoisotopic (exact) mass is 250 g/mol. The molecule has 1 aliphatic rings. The van der Waals surface area contributed by atoms with Crippen LogP contribution in [-0.4, -0.2) is 31.8 Å². The number of esters is 1. The van der Waals surface area contributed by atoms with E-state index >= 15 is 0 Å². The van der Waals surface area contributed by atoms with Crippen LogP contribution in [0.1, 0.15) is 23.7 Å². The van der Waals surface area contributed by atoms with Crippen LogP contribution in [0, 0.1) is 0 Å². The maximum absolute atomic E-state index is 11.4. The first-order valence-corrected chi connectivity index (χ1v) is 5.97. The van der Waals surface area contributed by atoms with Crippen LogP contribution in [0.3, 0.4) is 0 Å². The fourth-order valence-electron chi connectivity index (χ4n) is 2.00. The lowest BCUT2D eigenvalue weighted by molar-refractivity contribution is -0.105. The minimum atomic E-state index is -0.369. The van der Waals surface area contributed by atoms with Gasteiger partial charge in [-0.15, -0.1) is 0 Å². The molecule has 0 radical (unpaired) electrons. The predicted octanol–water partition coefficient (Wildman–Crippen LogP) is 1.64. The molecule has 0 saturated carbocycles. The largest absolute Gasteiger partial charge is 0.465 e. The Bertz CT molecular complexity index is 442. The normalized spacial score (nSPS) is 22.1. The fourth-order valence-corrected chi connectivity index (χ4v) is 2.00. The van der Waals surface area contributed by atoms with Crippen molar-refractivity contribution in [2.24, 2.45) is 0 Å².